The predicted molar refractivity (Wildman–Crippen MR) is 31.1 cm³/mol. The minimum atomic E-state index is -0.613. The lowest BCUT2D eigenvalue weighted by atomic mass is 10.1. The summed E-state index contributed by atoms with van der Waals surface area (Å²) in [7, 11) is 0. The summed E-state index contributed by atoms with van der Waals surface area (Å²) in [5, 5.41) is 11.8. The second-order valence-corrected chi connectivity index (χ2v) is 2.92. The van der Waals surface area contributed by atoms with Crippen molar-refractivity contribution in [2.75, 3.05) is 6.54 Å². The summed E-state index contributed by atoms with van der Waals surface area (Å²) in [6.07, 6.45) is 1.68. The van der Waals surface area contributed by atoms with E-state index in [9.17, 15) is 4.79 Å². The maximum Gasteiger partial charge on any atom is 0.311 e. The Balaban J connectivity index is 2.19. The van der Waals surface area contributed by atoms with Gasteiger partial charge in [-0.3, -0.25) is 4.79 Å². The summed E-state index contributed by atoms with van der Waals surface area (Å²) in [5.41, 5.74) is -0.333. The lowest BCUT2D eigenvalue weighted by Crippen LogP contribution is -2.16. The lowest BCUT2D eigenvalue weighted by Gasteiger charge is -2.00. The van der Waals surface area contributed by atoms with Crippen LogP contribution in [0.1, 0.15) is 12.8 Å². The third-order valence-electron chi connectivity index (χ3n) is 2.46. The van der Waals surface area contributed by atoms with E-state index in [0.717, 1.165) is 19.4 Å². The van der Waals surface area contributed by atoms with Crippen molar-refractivity contribution in [3.8, 4) is 0 Å². The van der Waals surface area contributed by atoms with Crippen LogP contribution in [0.3, 0.4) is 0 Å². The molecule has 1 heterocycles. The van der Waals surface area contributed by atoms with Gasteiger partial charge in [0.05, 0.1) is 5.41 Å². The summed E-state index contributed by atoms with van der Waals surface area (Å²) < 4.78 is 0. The Labute approximate surface area is 53.1 Å². The van der Waals surface area contributed by atoms with E-state index >= 15 is 0 Å². The highest BCUT2D eigenvalue weighted by molar-refractivity contribution is 5.80. The number of hydrogen-bond acceptors (Lipinski definition) is 2. The molecule has 0 aromatic heterocycles. The highest BCUT2D eigenvalue weighted by atomic mass is 16.4. The first kappa shape index (κ1) is 5.23. The van der Waals surface area contributed by atoms with E-state index in [1.165, 1.54) is 0 Å². The summed E-state index contributed by atoms with van der Waals surface area (Å²) in [5.74, 6) is -0.613. The van der Waals surface area contributed by atoms with Gasteiger partial charge in [0.1, 0.15) is 0 Å². The SMILES string of the molecule is O=C(O)[C@@]12CCN[C@H]1C2. The number of hydrogen-bond donors (Lipinski definition) is 2. The molecule has 0 unspecified atom stereocenters. The number of aliphatic carboxylic acids is 1. The lowest BCUT2D eigenvalue weighted by molar-refractivity contribution is -0.143. The molecule has 1 saturated carbocycles. The standard InChI is InChI=1S/C6H9NO2/c8-5(9)6-1-2-7-4(6)3-6/h4,7H,1-3H2,(H,8,9)/t4-,6+/m0/s1. The normalized spacial score (nSPS) is 46.4. The Kier molecular flexibility index (Phi) is 0.750. The maximum atomic E-state index is 10.5. The molecule has 0 aromatic carbocycles. The van der Waals surface area contributed by atoms with Crippen LogP contribution in [-0.4, -0.2) is 23.7 Å². The second-order valence-electron chi connectivity index (χ2n) is 2.92. The Hall–Kier alpha value is -0.570. The van der Waals surface area contributed by atoms with Crippen molar-refractivity contribution >= 4 is 5.97 Å². The van der Waals surface area contributed by atoms with Crippen molar-refractivity contribution < 1.29 is 9.90 Å². The van der Waals surface area contributed by atoms with Crippen LogP contribution >= 0.6 is 0 Å². The van der Waals surface area contributed by atoms with Crippen LogP contribution in [0.2, 0.25) is 0 Å². The van der Waals surface area contributed by atoms with E-state index in [1.54, 1.807) is 0 Å². The molecule has 9 heavy (non-hydrogen) atoms. The van der Waals surface area contributed by atoms with Crippen LogP contribution in [0.5, 0.6) is 0 Å². The van der Waals surface area contributed by atoms with Gasteiger partial charge in [-0.25, -0.2) is 0 Å². The molecule has 1 aliphatic heterocycles. The maximum absolute atomic E-state index is 10.5. The molecule has 0 spiro atoms. The average molecular weight is 127 g/mol. The number of nitrogens with one attached hydrogen (secondary N) is 1. The zero-order valence-corrected chi connectivity index (χ0v) is 5.05. The van der Waals surface area contributed by atoms with Crippen molar-refractivity contribution in [3.05, 3.63) is 0 Å². The first-order chi connectivity index (χ1) is 4.26. The van der Waals surface area contributed by atoms with Crippen LogP contribution in [-0.2, 0) is 4.79 Å². The van der Waals surface area contributed by atoms with E-state index in [-0.39, 0.29) is 5.41 Å². The van der Waals surface area contributed by atoms with Gasteiger partial charge in [-0.15, -0.1) is 0 Å². The molecule has 0 bridgehead atoms. The first-order valence-corrected chi connectivity index (χ1v) is 3.22. The second kappa shape index (κ2) is 1.29. The van der Waals surface area contributed by atoms with Gasteiger partial charge in [-0.2, -0.15) is 0 Å². The number of rotatable bonds is 1. The molecule has 3 heteroatoms. The van der Waals surface area contributed by atoms with Crippen molar-refractivity contribution in [2.45, 2.75) is 18.9 Å². The van der Waals surface area contributed by atoms with E-state index in [0.29, 0.717) is 6.04 Å². The van der Waals surface area contributed by atoms with Crippen LogP contribution in [0.15, 0.2) is 0 Å². The van der Waals surface area contributed by atoms with Gasteiger partial charge in [-0.05, 0) is 19.4 Å². The molecular weight excluding hydrogens is 118 g/mol. The quantitative estimate of drug-likeness (QED) is 0.514. The van der Waals surface area contributed by atoms with Crippen LogP contribution < -0.4 is 5.32 Å². The number of carboxylic acid groups (broad SMARTS) is 1. The molecule has 2 fully saturated rings. The highest BCUT2D eigenvalue weighted by Crippen LogP contribution is 2.52. The summed E-state index contributed by atoms with van der Waals surface area (Å²) in [4.78, 5) is 10.5. The van der Waals surface area contributed by atoms with Crippen LogP contribution in [0, 0.1) is 5.41 Å². The van der Waals surface area contributed by atoms with E-state index in [4.69, 9.17) is 5.11 Å². The predicted octanol–water partition coefficient (Wildman–Crippen LogP) is -0.177. The molecular formula is C6H9NO2. The molecule has 2 aliphatic rings. The minimum Gasteiger partial charge on any atom is -0.481 e. The third-order valence-corrected chi connectivity index (χ3v) is 2.46. The smallest absolute Gasteiger partial charge is 0.311 e. The third kappa shape index (κ3) is 0.477. The molecule has 0 aromatic rings. The Bertz CT molecular complexity index is 168. The Morgan fingerprint density at radius 1 is 1.78 bits per heavy atom. The van der Waals surface area contributed by atoms with Crippen molar-refractivity contribution in [2.24, 2.45) is 5.41 Å². The van der Waals surface area contributed by atoms with Gasteiger partial charge < -0.3 is 10.4 Å². The van der Waals surface area contributed by atoms with Crippen molar-refractivity contribution in [1.29, 1.82) is 0 Å². The molecule has 1 aliphatic carbocycles. The van der Waals surface area contributed by atoms with Gasteiger partial charge in [0.2, 0.25) is 0 Å². The van der Waals surface area contributed by atoms with E-state index < -0.39 is 5.97 Å². The fourth-order valence-electron chi connectivity index (χ4n) is 1.66. The van der Waals surface area contributed by atoms with Gasteiger partial charge in [0.25, 0.3) is 0 Å². The Morgan fingerprint density at radius 2 is 2.56 bits per heavy atom. The zero-order chi connectivity index (χ0) is 6.48. The van der Waals surface area contributed by atoms with Gasteiger partial charge in [0.15, 0.2) is 0 Å². The molecule has 2 atom stereocenters. The van der Waals surface area contributed by atoms with Gasteiger partial charge >= 0.3 is 5.97 Å². The first-order valence-electron chi connectivity index (χ1n) is 3.22. The fraction of sp³-hybridized carbons (Fsp3) is 0.833. The largest absolute Gasteiger partial charge is 0.481 e. The van der Waals surface area contributed by atoms with Crippen LogP contribution in [0.25, 0.3) is 0 Å². The monoisotopic (exact) mass is 127 g/mol. The van der Waals surface area contributed by atoms with E-state index in [1.807, 2.05) is 0 Å². The van der Waals surface area contributed by atoms with Crippen molar-refractivity contribution in [1.82, 2.24) is 5.32 Å². The Morgan fingerprint density at radius 3 is 2.78 bits per heavy atom. The summed E-state index contributed by atoms with van der Waals surface area (Å²) in [6.45, 7) is 0.886. The van der Waals surface area contributed by atoms with Gasteiger partial charge in [0, 0.05) is 6.04 Å². The highest BCUT2D eigenvalue weighted by Gasteiger charge is 2.62. The summed E-state index contributed by atoms with van der Waals surface area (Å²) >= 11 is 0. The molecule has 2 N–H and O–H groups in total. The molecule has 3 nitrogen and oxygen atoms in total. The number of carboxylic acids is 1. The molecule has 50 valence electrons. The van der Waals surface area contributed by atoms with E-state index in [2.05, 4.69) is 5.32 Å². The van der Waals surface area contributed by atoms with Crippen molar-refractivity contribution in [3.63, 3.8) is 0 Å². The number of carbonyl (C=O) groups is 1. The minimum absolute atomic E-state index is 0.301. The molecule has 1 saturated heterocycles. The number of piperidine rings is 1. The zero-order valence-electron chi connectivity index (χ0n) is 5.05. The van der Waals surface area contributed by atoms with Gasteiger partial charge in [-0.1, -0.05) is 0 Å². The number of fused-ring (bicyclic) bond motifs is 1. The summed E-state index contributed by atoms with van der Waals surface area (Å²) in [6, 6.07) is 0.301. The average Bonchev–Trinajstić information content (AvgIpc) is 2.38. The van der Waals surface area contributed by atoms with Crippen LogP contribution in [0.4, 0.5) is 0 Å². The molecule has 0 amide bonds. The fourth-order valence-corrected chi connectivity index (χ4v) is 1.66. The molecule has 0 radical (unpaired) electrons. The molecule has 2 rings (SSSR count). The topological polar surface area (TPSA) is 49.3 Å².